The molecule has 0 aliphatic carbocycles. The Morgan fingerprint density at radius 3 is 2.53 bits per heavy atom. The Morgan fingerprint density at radius 2 is 1.82 bits per heavy atom. The summed E-state index contributed by atoms with van der Waals surface area (Å²) in [5, 5.41) is 26.0. The number of rotatable bonds is 7. The molecular weight excluding hydrogens is 638 g/mol. The molecule has 4 unspecified atom stereocenters. The van der Waals surface area contributed by atoms with E-state index in [1.807, 2.05) is 4.90 Å². The molecule has 0 radical (unpaired) electrons. The minimum Gasteiger partial charge on any atom is -0.508 e. The number of benzene rings is 3. The molecule has 4 aliphatic rings. The van der Waals surface area contributed by atoms with Gasteiger partial charge in [0.25, 0.3) is 6.43 Å². The number of hydrogen-bond acceptors (Lipinski definition) is 8. The van der Waals surface area contributed by atoms with E-state index in [1.165, 1.54) is 18.2 Å². The molecule has 5 atom stereocenters. The summed E-state index contributed by atoms with van der Waals surface area (Å²) in [6, 6.07) is 8.87. The molecule has 8 rings (SSSR count). The van der Waals surface area contributed by atoms with Crippen molar-refractivity contribution in [2.45, 2.75) is 88.2 Å². The van der Waals surface area contributed by atoms with Gasteiger partial charge in [-0.15, -0.1) is 0 Å². The number of fused-ring (bicyclic) bond motifs is 5. The average Bonchev–Trinajstić information content (AvgIpc) is 3.64. The molecule has 0 amide bonds. The van der Waals surface area contributed by atoms with E-state index in [2.05, 4.69) is 29.0 Å². The molecule has 4 fully saturated rings. The van der Waals surface area contributed by atoms with Gasteiger partial charge in [-0.1, -0.05) is 18.2 Å². The van der Waals surface area contributed by atoms with Gasteiger partial charge in [0.15, 0.2) is 5.82 Å². The molecule has 2 bridgehead atoms. The SMILES string of the molecule is CC(O)c1cccc2cc(O)cc(-c3c(C(F)F)cc4c(N5CC6(C)CCC(C)(C5)N6)nc(OCC56CCCN5C[C@H](F)C6)nc4c3F)c12. The number of phenols is 1. The van der Waals surface area contributed by atoms with Gasteiger partial charge in [0.05, 0.1) is 11.6 Å². The van der Waals surface area contributed by atoms with Crippen LogP contribution < -0.4 is 15.0 Å². The molecule has 1 aromatic heterocycles. The first-order chi connectivity index (χ1) is 23.3. The van der Waals surface area contributed by atoms with Crippen molar-refractivity contribution in [3.8, 4) is 22.9 Å². The number of ether oxygens (including phenoxy) is 1. The van der Waals surface area contributed by atoms with E-state index in [0.29, 0.717) is 48.2 Å². The summed E-state index contributed by atoms with van der Waals surface area (Å²) in [7, 11) is 0. The maximum absolute atomic E-state index is 17.3. The van der Waals surface area contributed by atoms with Gasteiger partial charge in [-0.05, 0) is 93.1 Å². The molecule has 3 N–H and O–H groups in total. The van der Waals surface area contributed by atoms with Crippen LogP contribution in [0.3, 0.4) is 0 Å². The molecule has 5 heterocycles. The number of alkyl halides is 3. The fourth-order valence-corrected chi connectivity index (χ4v) is 9.29. The molecule has 8 nitrogen and oxygen atoms in total. The molecule has 0 saturated carbocycles. The third kappa shape index (κ3) is 5.38. The predicted molar refractivity (Wildman–Crippen MR) is 180 cm³/mol. The highest BCUT2D eigenvalue weighted by atomic mass is 19.3. The third-order valence-corrected chi connectivity index (χ3v) is 11.3. The molecule has 3 aromatic carbocycles. The summed E-state index contributed by atoms with van der Waals surface area (Å²) >= 11 is 0. The van der Waals surface area contributed by atoms with Crippen molar-refractivity contribution in [2.24, 2.45) is 0 Å². The summed E-state index contributed by atoms with van der Waals surface area (Å²) in [6.45, 7) is 8.02. The third-order valence-electron chi connectivity index (χ3n) is 11.3. The van der Waals surface area contributed by atoms with Crippen LogP contribution in [0.15, 0.2) is 36.4 Å². The fourth-order valence-electron chi connectivity index (χ4n) is 9.29. The number of aromatic nitrogens is 2. The van der Waals surface area contributed by atoms with Gasteiger partial charge in [-0.3, -0.25) is 4.90 Å². The molecular formula is C37H41F4N5O3. The first-order valence-corrected chi connectivity index (χ1v) is 17.1. The number of aliphatic hydroxyl groups is 1. The quantitative estimate of drug-likeness (QED) is 0.181. The van der Waals surface area contributed by atoms with E-state index < -0.39 is 41.2 Å². The van der Waals surface area contributed by atoms with Crippen molar-refractivity contribution >= 4 is 27.5 Å². The number of nitrogens with zero attached hydrogens (tertiary/aromatic N) is 4. The topological polar surface area (TPSA) is 94.0 Å². The minimum atomic E-state index is -3.09. The molecule has 4 aromatic rings. The second-order valence-corrected chi connectivity index (χ2v) is 15.3. The standard InChI is InChI=1S/C37H41F4N5O3/c1-20(47)24-7-4-6-21-12-23(48)13-25(28(21)24)29-26(32(40)41)14-27-31(30(29)39)42-34(49-19-37-8-5-11-46(37)16-22(38)15-37)43-33(27)45-17-35(2)9-10-36(3,18-45)44-35/h4,6-7,12-14,20,22,32,44,47-48H,5,8-11,15-19H2,1-3H3/t20?,22-,35?,36?,37?/m1/s1. The maximum atomic E-state index is 17.3. The second kappa shape index (κ2) is 11.4. The van der Waals surface area contributed by atoms with Gasteiger partial charge >= 0.3 is 6.01 Å². The summed E-state index contributed by atoms with van der Waals surface area (Å²) in [5.41, 5.74) is -1.80. The normalized spacial score (nSPS) is 29.0. The summed E-state index contributed by atoms with van der Waals surface area (Å²) < 4.78 is 68.4. The van der Waals surface area contributed by atoms with Crippen molar-refractivity contribution < 1.29 is 32.5 Å². The Morgan fingerprint density at radius 1 is 1.06 bits per heavy atom. The minimum absolute atomic E-state index is 0.0181. The van der Waals surface area contributed by atoms with Crippen LogP contribution in [0.25, 0.3) is 32.8 Å². The second-order valence-electron chi connectivity index (χ2n) is 15.3. The summed E-state index contributed by atoms with van der Waals surface area (Å²) in [6.07, 6.45) is -1.24. The van der Waals surface area contributed by atoms with Crippen molar-refractivity contribution in [1.29, 1.82) is 0 Å². The number of nitrogens with one attached hydrogen (secondary N) is 1. The smallest absolute Gasteiger partial charge is 0.319 e. The van der Waals surface area contributed by atoms with E-state index in [9.17, 15) is 14.6 Å². The van der Waals surface area contributed by atoms with Crippen molar-refractivity contribution in [2.75, 3.05) is 37.7 Å². The summed E-state index contributed by atoms with van der Waals surface area (Å²) in [4.78, 5) is 13.4. The van der Waals surface area contributed by atoms with E-state index in [4.69, 9.17) is 9.72 Å². The van der Waals surface area contributed by atoms with Gasteiger partial charge in [0, 0.05) is 53.6 Å². The number of aromatic hydroxyl groups is 1. The zero-order valence-electron chi connectivity index (χ0n) is 27.9. The Hall–Kier alpha value is -3.74. The molecule has 4 aliphatic heterocycles. The monoisotopic (exact) mass is 679 g/mol. The number of phenolic OH excluding ortho intramolecular Hbond substituents is 1. The van der Waals surface area contributed by atoms with Crippen LogP contribution in [0.5, 0.6) is 11.8 Å². The number of aliphatic hydroxyl groups excluding tert-OH is 1. The Labute approximate surface area is 282 Å². The first-order valence-electron chi connectivity index (χ1n) is 17.1. The molecule has 0 spiro atoms. The molecule has 49 heavy (non-hydrogen) atoms. The zero-order valence-corrected chi connectivity index (χ0v) is 27.9. The lowest BCUT2D eigenvalue weighted by Crippen LogP contribution is -2.63. The first kappa shape index (κ1) is 32.5. The van der Waals surface area contributed by atoms with Gasteiger partial charge in [0.1, 0.15) is 29.9 Å². The molecule has 4 saturated heterocycles. The van der Waals surface area contributed by atoms with E-state index >= 15 is 13.2 Å². The largest absolute Gasteiger partial charge is 0.508 e. The Kier molecular flexibility index (Phi) is 7.55. The number of anilines is 1. The van der Waals surface area contributed by atoms with E-state index in [1.54, 1.807) is 25.1 Å². The highest BCUT2D eigenvalue weighted by molar-refractivity contribution is 6.04. The molecule has 260 valence electrons. The number of halogens is 4. The molecule has 12 heteroatoms. The Bertz CT molecular complexity index is 1960. The van der Waals surface area contributed by atoms with Crippen molar-refractivity contribution in [3.05, 3.63) is 53.3 Å². The zero-order chi connectivity index (χ0) is 34.5. The fraction of sp³-hybridized carbons (Fsp3) is 0.514. The van der Waals surface area contributed by atoms with Gasteiger partial charge in [0.2, 0.25) is 0 Å². The maximum Gasteiger partial charge on any atom is 0.319 e. The van der Waals surface area contributed by atoms with Crippen LogP contribution in [0.2, 0.25) is 0 Å². The lowest BCUT2D eigenvalue weighted by Gasteiger charge is -2.45. The highest BCUT2D eigenvalue weighted by Gasteiger charge is 2.50. The summed E-state index contributed by atoms with van der Waals surface area (Å²) in [5.74, 6) is -0.943. The van der Waals surface area contributed by atoms with Gasteiger partial charge < -0.3 is 25.2 Å². The number of hydrogen-bond donors (Lipinski definition) is 3. The lowest BCUT2D eigenvalue weighted by atomic mass is 9.89. The highest BCUT2D eigenvalue weighted by Crippen LogP contribution is 2.47. The lowest BCUT2D eigenvalue weighted by molar-refractivity contribution is 0.107. The van der Waals surface area contributed by atoms with Crippen LogP contribution in [-0.4, -0.2) is 80.7 Å². The van der Waals surface area contributed by atoms with Crippen molar-refractivity contribution in [1.82, 2.24) is 20.2 Å². The van der Waals surface area contributed by atoms with Gasteiger partial charge in [-0.2, -0.15) is 9.97 Å². The van der Waals surface area contributed by atoms with Crippen LogP contribution in [0, 0.1) is 5.82 Å². The van der Waals surface area contributed by atoms with Gasteiger partial charge in [-0.25, -0.2) is 17.6 Å². The predicted octanol–water partition coefficient (Wildman–Crippen LogP) is 6.96. The Balaban J connectivity index is 1.35. The van der Waals surface area contributed by atoms with Crippen LogP contribution >= 0.6 is 0 Å². The van der Waals surface area contributed by atoms with Crippen LogP contribution in [0.1, 0.15) is 76.5 Å². The van der Waals surface area contributed by atoms with E-state index in [0.717, 1.165) is 32.2 Å². The number of piperazine rings is 1. The van der Waals surface area contributed by atoms with Crippen LogP contribution in [-0.2, 0) is 0 Å². The van der Waals surface area contributed by atoms with Crippen LogP contribution in [0.4, 0.5) is 23.4 Å². The van der Waals surface area contributed by atoms with E-state index in [-0.39, 0.29) is 45.9 Å². The van der Waals surface area contributed by atoms with Crippen molar-refractivity contribution in [3.63, 3.8) is 0 Å². The average molecular weight is 680 g/mol.